The molecule has 0 atom stereocenters. The van der Waals surface area contributed by atoms with Crippen LogP contribution >= 0.6 is 27.5 Å². The van der Waals surface area contributed by atoms with Crippen molar-refractivity contribution in [2.75, 3.05) is 0 Å². The Morgan fingerprint density at radius 2 is 2.40 bits per heavy atom. The van der Waals surface area contributed by atoms with Gasteiger partial charge in [0.2, 0.25) is 0 Å². The average molecular weight is 223 g/mol. The number of hydrogen-bond donors (Lipinski definition) is 1. The minimum absolute atomic E-state index is 0.255. The number of nitrogens with two attached hydrogens (primary N) is 1. The lowest BCUT2D eigenvalue weighted by molar-refractivity contribution is 0.333. The van der Waals surface area contributed by atoms with E-state index >= 15 is 0 Å². The monoisotopic (exact) mass is 222 g/mol. The van der Waals surface area contributed by atoms with Crippen LogP contribution in [0.2, 0.25) is 5.15 Å². The smallest absolute Gasteiger partial charge is 0.185 e. The van der Waals surface area contributed by atoms with Crippen molar-refractivity contribution in [3.8, 4) is 5.75 Å². The second-order valence-electron chi connectivity index (χ2n) is 1.56. The molecule has 1 heterocycles. The number of aromatic nitrogens is 1. The molecule has 0 fully saturated rings. The average Bonchev–Trinajstić information content (AvgIpc) is 1.94. The molecular weight excluding hydrogens is 219 g/mol. The second-order valence-corrected chi connectivity index (χ2v) is 2.83. The molecule has 0 saturated carbocycles. The minimum atomic E-state index is 0.255. The molecule has 1 rings (SSSR count). The van der Waals surface area contributed by atoms with E-state index in [2.05, 4.69) is 25.8 Å². The molecule has 0 aliphatic rings. The van der Waals surface area contributed by atoms with Gasteiger partial charge in [0.25, 0.3) is 0 Å². The number of hydrogen-bond acceptors (Lipinski definition) is 3. The highest BCUT2D eigenvalue weighted by molar-refractivity contribution is 9.10. The molecule has 0 amide bonds. The quantitative estimate of drug-likeness (QED) is 0.583. The van der Waals surface area contributed by atoms with E-state index in [0.29, 0.717) is 5.75 Å². The molecule has 0 unspecified atom stereocenters. The van der Waals surface area contributed by atoms with Crippen molar-refractivity contribution in [2.24, 2.45) is 5.90 Å². The third-order valence-electron chi connectivity index (χ3n) is 0.900. The lowest BCUT2D eigenvalue weighted by Crippen LogP contribution is -2.02. The highest BCUT2D eigenvalue weighted by Crippen LogP contribution is 2.23. The van der Waals surface area contributed by atoms with Crippen LogP contribution in [0.3, 0.4) is 0 Å². The van der Waals surface area contributed by atoms with Crippen molar-refractivity contribution < 1.29 is 4.84 Å². The van der Waals surface area contributed by atoms with Crippen LogP contribution in [0.4, 0.5) is 0 Å². The Labute approximate surface area is 71.2 Å². The largest absolute Gasteiger partial charge is 0.408 e. The van der Waals surface area contributed by atoms with Gasteiger partial charge in [0.05, 0.1) is 0 Å². The van der Waals surface area contributed by atoms with Crippen LogP contribution in [0.5, 0.6) is 5.75 Å². The van der Waals surface area contributed by atoms with Gasteiger partial charge in [0, 0.05) is 16.7 Å². The number of halogens is 2. The lowest BCUT2D eigenvalue weighted by Gasteiger charge is -1.99. The summed E-state index contributed by atoms with van der Waals surface area (Å²) in [6.45, 7) is 0. The molecule has 0 aliphatic carbocycles. The molecule has 0 aliphatic heterocycles. The summed E-state index contributed by atoms with van der Waals surface area (Å²) in [5, 5.41) is 0.255. The molecule has 5 heteroatoms. The summed E-state index contributed by atoms with van der Waals surface area (Å²) in [7, 11) is 0. The maximum absolute atomic E-state index is 5.56. The highest BCUT2D eigenvalue weighted by Gasteiger charge is 2.00. The molecule has 2 N–H and O–H groups in total. The van der Waals surface area contributed by atoms with Crippen molar-refractivity contribution in [2.45, 2.75) is 0 Å². The Bertz CT molecular complexity index is 243. The summed E-state index contributed by atoms with van der Waals surface area (Å²) >= 11 is 8.74. The predicted octanol–water partition coefficient (Wildman–Crippen LogP) is 1.75. The summed E-state index contributed by atoms with van der Waals surface area (Å²) in [6, 6.07) is 1.63. The van der Waals surface area contributed by atoms with Crippen LogP contribution < -0.4 is 10.7 Å². The number of rotatable bonds is 1. The maximum atomic E-state index is 5.56. The van der Waals surface area contributed by atoms with Crippen molar-refractivity contribution >= 4 is 27.5 Å². The van der Waals surface area contributed by atoms with E-state index < -0.39 is 0 Å². The molecule has 0 saturated heterocycles. The fraction of sp³-hybridized carbons (Fsp3) is 0. The van der Waals surface area contributed by atoms with Gasteiger partial charge >= 0.3 is 0 Å². The normalized spacial score (nSPS) is 9.50. The third kappa shape index (κ3) is 1.59. The first-order chi connectivity index (χ1) is 4.74. The fourth-order valence-corrected chi connectivity index (χ4v) is 0.945. The van der Waals surface area contributed by atoms with Crippen LogP contribution in [-0.4, -0.2) is 4.98 Å². The van der Waals surface area contributed by atoms with Crippen molar-refractivity contribution in [1.82, 2.24) is 4.98 Å². The molecule has 0 aromatic carbocycles. The molecule has 1 aromatic rings. The standard InChI is InChI=1S/C5H4BrClN2O/c6-3-1-4(10-8)5(7)9-2-3/h1-2H,8H2. The minimum Gasteiger partial charge on any atom is -0.408 e. The van der Waals surface area contributed by atoms with Crippen molar-refractivity contribution in [3.05, 3.63) is 21.9 Å². The van der Waals surface area contributed by atoms with E-state index in [1.54, 1.807) is 12.3 Å². The molecule has 10 heavy (non-hydrogen) atoms. The molecule has 54 valence electrons. The van der Waals surface area contributed by atoms with Gasteiger partial charge in [-0.05, 0) is 15.9 Å². The van der Waals surface area contributed by atoms with E-state index in [1.165, 1.54) is 0 Å². The van der Waals surface area contributed by atoms with Gasteiger partial charge in [0.1, 0.15) is 0 Å². The number of nitrogens with zero attached hydrogens (tertiary/aromatic N) is 1. The maximum Gasteiger partial charge on any atom is 0.185 e. The van der Waals surface area contributed by atoms with Gasteiger partial charge in [-0.15, -0.1) is 0 Å². The Morgan fingerprint density at radius 3 is 2.90 bits per heavy atom. The zero-order chi connectivity index (χ0) is 7.56. The lowest BCUT2D eigenvalue weighted by atomic mass is 10.5. The van der Waals surface area contributed by atoms with E-state index in [4.69, 9.17) is 17.5 Å². The van der Waals surface area contributed by atoms with Crippen LogP contribution in [-0.2, 0) is 0 Å². The van der Waals surface area contributed by atoms with Crippen molar-refractivity contribution in [3.63, 3.8) is 0 Å². The number of pyridine rings is 1. The first-order valence-electron chi connectivity index (χ1n) is 2.42. The third-order valence-corrected chi connectivity index (χ3v) is 1.62. The molecular formula is C5H4BrClN2O. The van der Waals surface area contributed by atoms with E-state index in [1.807, 2.05) is 0 Å². The molecule has 0 spiro atoms. The Morgan fingerprint density at radius 1 is 1.70 bits per heavy atom. The first kappa shape index (κ1) is 7.78. The van der Waals surface area contributed by atoms with Gasteiger partial charge in [-0.2, -0.15) is 5.90 Å². The Balaban J connectivity index is 3.09. The summed E-state index contributed by atoms with van der Waals surface area (Å²) in [5.74, 6) is 5.23. The SMILES string of the molecule is NOc1cc(Br)cnc1Cl. The Hall–Kier alpha value is -0.320. The molecule has 1 aromatic heterocycles. The van der Waals surface area contributed by atoms with E-state index in [-0.39, 0.29) is 5.15 Å². The van der Waals surface area contributed by atoms with Crippen LogP contribution in [0.25, 0.3) is 0 Å². The molecule has 3 nitrogen and oxygen atoms in total. The Kier molecular flexibility index (Phi) is 2.48. The van der Waals surface area contributed by atoms with Gasteiger partial charge in [-0.3, -0.25) is 0 Å². The highest BCUT2D eigenvalue weighted by atomic mass is 79.9. The van der Waals surface area contributed by atoms with Gasteiger partial charge in [-0.25, -0.2) is 4.98 Å². The predicted molar refractivity (Wildman–Crippen MR) is 41.8 cm³/mol. The van der Waals surface area contributed by atoms with Crippen LogP contribution in [0.1, 0.15) is 0 Å². The zero-order valence-corrected chi connectivity index (χ0v) is 7.19. The topological polar surface area (TPSA) is 48.1 Å². The fourth-order valence-electron chi connectivity index (χ4n) is 0.487. The summed E-state index contributed by atoms with van der Waals surface area (Å²) < 4.78 is 0.775. The summed E-state index contributed by atoms with van der Waals surface area (Å²) in [5.41, 5.74) is 0. The van der Waals surface area contributed by atoms with Crippen LogP contribution in [0, 0.1) is 0 Å². The summed E-state index contributed by atoms with van der Waals surface area (Å²) in [4.78, 5) is 8.16. The molecule has 0 radical (unpaired) electrons. The van der Waals surface area contributed by atoms with E-state index in [0.717, 1.165) is 4.47 Å². The van der Waals surface area contributed by atoms with Gasteiger partial charge in [-0.1, -0.05) is 11.6 Å². The van der Waals surface area contributed by atoms with Gasteiger partial charge in [0.15, 0.2) is 10.9 Å². The molecule has 0 bridgehead atoms. The summed E-state index contributed by atoms with van der Waals surface area (Å²) in [6.07, 6.45) is 1.56. The van der Waals surface area contributed by atoms with Crippen molar-refractivity contribution in [1.29, 1.82) is 0 Å². The van der Waals surface area contributed by atoms with E-state index in [9.17, 15) is 0 Å². The zero-order valence-electron chi connectivity index (χ0n) is 4.84. The van der Waals surface area contributed by atoms with Crippen LogP contribution in [0.15, 0.2) is 16.7 Å². The van der Waals surface area contributed by atoms with Gasteiger partial charge < -0.3 is 4.84 Å². The second kappa shape index (κ2) is 3.18. The first-order valence-corrected chi connectivity index (χ1v) is 3.59.